The van der Waals surface area contributed by atoms with Crippen molar-refractivity contribution in [3.63, 3.8) is 0 Å². The third-order valence-corrected chi connectivity index (χ3v) is 2.40. The van der Waals surface area contributed by atoms with Gasteiger partial charge in [-0.2, -0.15) is 0 Å². The summed E-state index contributed by atoms with van der Waals surface area (Å²) in [5, 5.41) is 8.51. The minimum Gasteiger partial charge on any atom is -0.394 e. The van der Waals surface area contributed by atoms with Crippen molar-refractivity contribution in [2.24, 2.45) is 0 Å². The van der Waals surface area contributed by atoms with Crippen LogP contribution in [0.15, 0.2) is 0 Å². The van der Waals surface area contributed by atoms with Gasteiger partial charge < -0.3 is 9.84 Å². The van der Waals surface area contributed by atoms with E-state index < -0.39 is 0 Å². The van der Waals surface area contributed by atoms with Gasteiger partial charge in [-0.3, -0.25) is 4.90 Å². The van der Waals surface area contributed by atoms with E-state index in [0.29, 0.717) is 18.7 Å². The van der Waals surface area contributed by atoms with Gasteiger partial charge in [-0.05, 0) is 20.3 Å². The highest BCUT2D eigenvalue weighted by Crippen LogP contribution is 2.20. The molecule has 1 heterocycles. The van der Waals surface area contributed by atoms with E-state index >= 15 is 0 Å². The van der Waals surface area contributed by atoms with Gasteiger partial charge in [0.2, 0.25) is 0 Å². The average Bonchev–Trinajstić information content (AvgIpc) is 1.94. The Morgan fingerprint density at radius 3 is 2.75 bits per heavy atom. The Balaban J connectivity index is 2.08. The van der Waals surface area contributed by atoms with Crippen LogP contribution in [0.25, 0.3) is 0 Å². The fraction of sp³-hybridized carbons (Fsp3) is 1.00. The molecule has 1 N–H and O–H groups in total. The van der Waals surface area contributed by atoms with Gasteiger partial charge in [-0.25, -0.2) is 0 Å². The van der Waals surface area contributed by atoms with Crippen LogP contribution in [-0.4, -0.2) is 48.5 Å². The van der Waals surface area contributed by atoms with E-state index in [1.807, 2.05) is 0 Å². The lowest BCUT2D eigenvalue weighted by Gasteiger charge is -2.43. The molecular weight excluding hydrogens is 154 g/mol. The van der Waals surface area contributed by atoms with Crippen LogP contribution < -0.4 is 0 Å². The van der Waals surface area contributed by atoms with Crippen LogP contribution in [0.5, 0.6) is 0 Å². The predicted octanol–water partition coefficient (Wildman–Crippen LogP) is 0.478. The van der Waals surface area contributed by atoms with Crippen molar-refractivity contribution in [1.82, 2.24) is 4.90 Å². The predicted molar refractivity (Wildman–Crippen MR) is 48.2 cm³/mol. The minimum atomic E-state index is 0.133. The molecule has 0 radical (unpaired) electrons. The van der Waals surface area contributed by atoms with Crippen molar-refractivity contribution in [3.8, 4) is 0 Å². The number of hydrogen-bond donors (Lipinski definition) is 1. The summed E-state index contributed by atoms with van der Waals surface area (Å²) in [6, 6.07) is 1.22. The second kappa shape index (κ2) is 4.80. The molecule has 0 aromatic heterocycles. The summed E-state index contributed by atoms with van der Waals surface area (Å²) in [4.78, 5) is 2.43. The van der Waals surface area contributed by atoms with Gasteiger partial charge in [0.25, 0.3) is 0 Å². The first-order chi connectivity index (χ1) is 5.75. The quantitative estimate of drug-likeness (QED) is 0.614. The van der Waals surface area contributed by atoms with Crippen LogP contribution in [0.1, 0.15) is 20.3 Å². The van der Waals surface area contributed by atoms with Crippen molar-refractivity contribution in [2.45, 2.75) is 32.4 Å². The van der Waals surface area contributed by atoms with E-state index in [9.17, 15) is 0 Å². The summed E-state index contributed by atoms with van der Waals surface area (Å²) in [6.45, 7) is 7.00. The topological polar surface area (TPSA) is 32.7 Å². The molecule has 1 unspecified atom stereocenters. The second-order valence-corrected chi connectivity index (χ2v) is 3.57. The first kappa shape index (κ1) is 9.96. The van der Waals surface area contributed by atoms with Gasteiger partial charge in [0.1, 0.15) is 0 Å². The summed E-state index contributed by atoms with van der Waals surface area (Å²) < 4.78 is 5.28. The van der Waals surface area contributed by atoms with E-state index in [2.05, 4.69) is 18.7 Å². The number of aliphatic hydroxyl groups is 1. The Morgan fingerprint density at radius 1 is 1.58 bits per heavy atom. The highest BCUT2D eigenvalue weighted by Gasteiger charge is 2.29. The van der Waals surface area contributed by atoms with Crippen LogP contribution in [-0.2, 0) is 4.74 Å². The van der Waals surface area contributed by atoms with Gasteiger partial charge in [-0.15, -0.1) is 0 Å². The normalized spacial score (nSPS) is 24.5. The lowest BCUT2D eigenvalue weighted by atomic mass is 10.0. The average molecular weight is 173 g/mol. The minimum absolute atomic E-state index is 0.133. The molecule has 0 saturated carbocycles. The fourth-order valence-corrected chi connectivity index (χ4v) is 1.60. The molecule has 0 spiro atoms. The smallest absolute Gasteiger partial charge is 0.0698 e. The monoisotopic (exact) mass is 173 g/mol. The van der Waals surface area contributed by atoms with Gasteiger partial charge >= 0.3 is 0 Å². The van der Waals surface area contributed by atoms with Crippen molar-refractivity contribution in [1.29, 1.82) is 0 Å². The molecule has 3 nitrogen and oxygen atoms in total. The molecule has 3 heteroatoms. The number of aliphatic hydroxyl groups excluding tert-OH is 1. The standard InChI is InChI=1S/C9H19NO2/c1-8(2)10-4-3-9(10)7-12-6-5-11/h8-9,11H,3-7H2,1-2H3. The molecule has 0 amide bonds. The van der Waals surface area contributed by atoms with Gasteiger partial charge in [0.05, 0.1) is 19.8 Å². The number of rotatable bonds is 5. The third-order valence-electron chi connectivity index (χ3n) is 2.40. The van der Waals surface area contributed by atoms with E-state index in [0.717, 1.165) is 6.61 Å². The van der Waals surface area contributed by atoms with E-state index in [-0.39, 0.29) is 6.61 Å². The van der Waals surface area contributed by atoms with E-state index in [1.54, 1.807) is 0 Å². The molecule has 1 aliphatic heterocycles. The Morgan fingerprint density at radius 2 is 2.33 bits per heavy atom. The molecule has 0 bridgehead atoms. The molecule has 0 aromatic carbocycles. The van der Waals surface area contributed by atoms with Crippen molar-refractivity contribution in [2.75, 3.05) is 26.4 Å². The van der Waals surface area contributed by atoms with Crippen LogP contribution >= 0.6 is 0 Å². The Bertz CT molecular complexity index is 128. The molecular formula is C9H19NO2. The van der Waals surface area contributed by atoms with Gasteiger partial charge in [-0.1, -0.05) is 0 Å². The largest absolute Gasteiger partial charge is 0.394 e. The molecule has 0 aromatic rings. The number of nitrogens with zero attached hydrogens (tertiary/aromatic N) is 1. The van der Waals surface area contributed by atoms with E-state index in [1.165, 1.54) is 13.0 Å². The number of hydrogen-bond acceptors (Lipinski definition) is 3. The zero-order valence-electron chi connectivity index (χ0n) is 7.99. The highest BCUT2D eigenvalue weighted by molar-refractivity contribution is 4.84. The maximum absolute atomic E-state index is 8.51. The second-order valence-electron chi connectivity index (χ2n) is 3.57. The number of likely N-dealkylation sites (tertiary alicyclic amines) is 1. The zero-order chi connectivity index (χ0) is 8.97. The molecule has 1 aliphatic rings. The number of ether oxygens (including phenoxy) is 1. The van der Waals surface area contributed by atoms with E-state index in [4.69, 9.17) is 9.84 Å². The van der Waals surface area contributed by atoms with Gasteiger partial charge in [0, 0.05) is 18.6 Å². The van der Waals surface area contributed by atoms with Crippen LogP contribution in [0.3, 0.4) is 0 Å². The maximum atomic E-state index is 8.51. The summed E-state index contributed by atoms with van der Waals surface area (Å²) >= 11 is 0. The third kappa shape index (κ3) is 2.44. The maximum Gasteiger partial charge on any atom is 0.0698 e. The SMILES string of the molecule is CC(C)N1CCC1COCCO. The summed E-state index contributed by atoms with van der Waals surface area (Å²) in [6.07, 6.45) is 1.24. The summed E-state index contributed by atoms with van der Waals surface area (Å²) in [5.41, 5.74) is 0. The van der Waals surface area contributed by atoms with Crippen LogP contribution in [0, 0.1) is 0 Å². The molecule has 72 valence electrons. The highest BCUT2D eigenvalue weighted by atomic mass is 16.5. The Kier molecular flexibility index (Phi) is 3.98. The first-order valence-electron chi connectivity index (χ1n) is 4.70. The Labute approximate surface area is 74.3 Å². The van der Waals surface area contributed by atoms with Gasteiger partial charge in [0.15, 0.2) is 0 Å². The molecule has 1 rings (SSSR count). The van der Waals surface area contributed by atoms with Crippen LogP contribution in [0.2, 0.25) is 0 Å². The lowest BCUT2D eigenvalue weighted by molar-refractivity contribution is -0.0200. The molecule has 0 aliphatic carbocycles. The zero-order valence-corrected chi connectivity index (χ0v) is 7.99. The Hall–Kier alpha value is -0.120. The molecule has 1 fully saturated rings. The van der Waals surface area contributed by atoms with Crippen LogP contribution in [0.4, 0.5) is 0 Å². The molecule has 1 saturated heterocycles. The van der Waals surface area contributed by atoms with Crippen molar-refractivity contribution < 1.29 is 9.84 Å². The fourth-order valence-electron chi connectivity index (χ4n) is 1.60. The molecule has 12 heavy (non-hydrogen) atoms. The summed E-state index contributed by atoms with van der Waals surface area (Å²) in [5.74, 6) is 0. The lowest BCUT2D eigenvalue weighted by Crippen LogP contribution is -2.53. The molecule has 1 atom stereocenters. The van der Waals surface area contributed by atoms with Crippen molar-refractivity contribution >= 4 is 0 Å². The first-order valence-corrected chi connectivity index (χ1v) is 4.70. The van der Waals surface area contributed by atoms with Crippen molar-refractivity contribution in [3.05, 3.63) is 0 Å². The summed E-state index contributed by atoms with van der Waals surface area (Å²) in [7, 11) is 0.